The second-order valence-electron chi connectivity index (χ2n) is 5.29. The van der Waals surface area contributed by atoms with Gasteiger partial charge in [0.2, 0.25) is 6.29 Å². The standard InChI is InChI=1S/C14H13BrClNO7/c15-4-1-2-5-7(8(4)16)6(3-17-5)23-14-11(20)9(18)10(19)12(24-14)13(21)22/h1-3,9-12,14,17-20H,(H,21,22)/t9-,10-,11+,12?,14+/m0/s1. The highest BCUT2D eigenvalue weighted by atomic mass is 79.9. The van der Waals surface area contributed by atoms with Gasteiger partial charge < -0.3 is 34.9 Å². The first kappa shape index (κ1) is 17.5. The molecule has 0 aliphatic carbocycles. The van der Waals surface area contributed by atoms with Crippen LogP contribution in [0.25, 0.3) is 10.9 Å². The zero-order valence-corrected chi connectivity index (χ0v) is 14.2. The van der Waals surface area contributed by atoms with E-state index >= 15 is 0 Å². The Labute approximate surface area is 148 Å². The van der Waals surface area contributed by atoms with E-state index < -0.39 is 36.7 Å². The second kappa shape index (κ2) is 6.51. The minimum absolute atomic E-state index is 0.202. The molecule has 1 unspecified atom stereocenters. The molecule has 1 fully saturated rings. The summed E-state index contributed by atoms with van der Waals surface area (Å²) in [6.45, 7) is 0. The third kappa shape index (κ3) is 2.87. The number of aliphatic hydroxyl groups is 3. The molecule has 1 aromatic heterocycles. The lowest BCUT2D eigenvalue weighted by molar-refractivity contribution is -0.270. The van der Waals surface area contributed by atoms with Crippen LogP contribution in [0.15, 0.2) is 22.8 Å². The summed E-state index contributed by atoms with van der Waals surface area (Å²) < 4.78 is 11.2. The molecular formula is C14H13BrClNO7. The minimum atomic E-state index is -1.78. The van der Waals surface area contributed by atoms with E-state index in [1.165, 1.54) is 6.20 Å². The number of hydrogen-bond donors (Lipinski definition) is 5. The quantitative estimate of drug-likeness (QED) is 0.495. The largest absolute Gasteiger partial charge is 0.479 e. The molecular weight excluding hydrogens is 410 g/mol. The van der Waals surface area contributed by atoms with Gasteiger partial charge in [-0.05, 0) is 28.1 Å². The molecule has 2 aromatic rings. The molecule has 5 atom stereocenters. The van der Waals surface area contributed by atoms with Gasteiger partial charge in [-0.25, -0.2) is 4.79 Å². The number of aromatic nitrogens is 1. The lowest BCUT2D eigenvalue weighted by Gasteiger charge is -2.38. The lowest BCUT2D eigenvalue weighted by atomic mass is 9.99. The van der Waals surface area contributed by atoms with E-state index in [2.05, 4.69) is 20.9 Å². The number of aliphatic carboxylic acids is 1. The molecule has 0 spiro atoms. The van der Waals surface area contributed by atoms with Crippen LogP contribution in [-0.2, 0) is 9.53 Å². The maximum absolute atomic E-state index is 11.1. The Balaban J connectivity index is 1.93. The third-order valence-electron chi connectivity index (χ3n) is 3.76. The van der Waals surface area contributed by atoms with Crippen molar-refractivity contribution in [1.29, 1.82) is 0 Å². The van der Waals surface area contributed by atoms with Crippen molar-refractivity contribution in [1.82, 2.24) is 4.98 Å². The number of H-pyrrole nitrogens is 1. The zero-order valence-electron chi connectivity index (χ0n) is 11.9. The SMILES string of the molecule is O=C(O)C1O[C@@H](Oc2c[nH]c3ccc(Br)c(Cl)c23)[C@H](O)[C@@H](O)[C@@H]1O. The van der Waals surface area contributed by atoms with Crippen molar-refractivity contribution < 1.29 is 34.7 Å². The summed E-state index contributed by atoms with van der Waals surface area (Å²) in [6, 6.07) is 3.48. The number of fused-ring (bicyclic) bond motifs is 1. The molecule has 0 bridgehead atoms. The number of carboxylic acids is 1. The van der Waals surface area contributed by atoms with E-state index in [0.29, 0.717) is 20.4 Å². The van der Waals surface area contributed by atoms with Crippen molar-refractivity contribution in [3.8, 4) is 5.75 Å². The van der Waals surface area contributed by atoms with E-state index in [-0.39, 0.29) is 5.75 Å². The molecule has 1 aliphatic rings. The molecule has 0 saturated carbocycles. The van der Waals surface area contributed by atoms with E-state index in [9.17, 15) is 20.1 Å². The molecule has 3 rings (SSSR count). The first-order valence-corrected chi connectivity index (χ1v) is 8.02. The van der Waals surface area contributed by atoms with Crippen molar-refractivity contribution in [2.75, 3.05) is 0 Å². The van der Waals surface area contributed by atoms with Gasteiger partial charge in [-0.2, -0.15) is 0 Å². The lowest BCUT2D eigenvalue weighted by Crippen LogP contribution is -2.61. The zero-order chi connectivity index (χ0) is 17.6. The number of aliphatic hydroxyl groups excluding tert-OH is 3. The van der Waals surface area contributed by atoms with Crippen molar-refractivity contribution in [3.05, 3.63) is 27.8 Å². The topological polar surface area (TPSA) is 132 Å². The summed E-state index contributed by atoms with van der Waals surface area (Å²) in [4.78, 5) is 14.0. The van der Waals surface area contributed by atoms with Gasteiger partial charge in [-0.3, -0.25) is 0 Å². The van der Waals surface area contributed by atoms with Crippen LogP contribution in [-0.4, -0.2) is 62.1 Å². The fourth-order valence-corrected chi connectivity index (χ4v) is 3.08. The van der Waals surface area contributed by atoms with Crippen LogP contribution < -0.4 is 4.74 Å². The van der Waals surface area contributed by atoms with Crippen LogP contribution in [0.2, 0.25) is 5.02 Å². The molecule has 1 saturated heterocycles. The summed E-state index contributed by atoms with van der Waals surface area (Å²) >= 11 is 9.51. The maximum atomic E-state index is 11.1. The molecule has 0 radical (unpaired) electrons. The maximum Gasteiger partial charge on any atom is 0.335 e. The van der Waals surface area contributed by atoms with Crippen LogP contribution >= 0.6 is 27.5 Å². The summed E-state index contributed by atoms with van der Waals surface area (Å²) in [5.41, 5.74) is 0.652. The number of carbonyl (C=O) groups is 1. The van der Waals surface area contributed by atoms with Crippen molar-refractivity contribution in [2.24, 2.45) is 0 Å². The third-order valence-corrected chi connectivity index (χ3v) is 5.04. The van der Waals surface area contributed by atoms with Gasteiger partial charge >= 0.3 is 5.97 Å². The Morgan fingerprint density at radius 2 is 1.96 bits per heavy atom. The van der Waals surface area contributed by atoms with Gasteiger partial charge in [-0.15, -0.1) is 0 Å². The summed E-state index contributed by atoms with van der Waals surface area (Å²) in [7, 11) is 0. The highest BCUT2D eigenvalue weighted by Crippen LogP contribution is 2.38. The molecule has 8 nitrogen and oxygen atoms in total. The van der Waals surface area contributed by atoms with Gasteiger partial charge in [-0.1, -0.05) is 11.6 Å². The van der Waals surface area contributed by atoms with Crippen LogP contribution in [0.3, 0.4) is 0 Å². The highest BCUT2D eigenvalue weighted by Gasteiger charge is 2.48. The molecule has 130 valence electrons. The number of hydrogen-bond acceptors (Lipinski definition) is 6. The predicted molar refractivity (Wildman–Crippen MR) is 86.0 cm³/mol. The summed E-state index contributed by atoms with van der Waals surface area (Å²) in [5, 5.41) is 39.4. The number of rotatable bonds is 3. The smallest absolute Gasteiger partial charge is 0.335 e. The second-order valence-corrected chi connectivity index (χ2v) is 6.52. The predicted octanol–water partition coefficient (Wildman–Crippen LogP) is 0.855. The first-order valence-electron chi connectivity index (χ1n) is 6.85. The average Bonchev–Trinajstić information content (AvgIpc) is 2.94. The molecule has 10 heteroatoms. The monoisotopic (exact) mass is 421 g/mol. The number of aromatic amines is 1. The van der Waals surface area contributed by atoms with Crippen LogP contribution in [0.1, 0.15) is 0 Å². The Hall–Kier alpha value is -1.36. The Morgan fingerprint density at radius 1 is 1.25 bits per heavy atom. The molecule has 24 heavy (non-hydrogen) atoms. The Kier molecular flexibility index (Phi) is 4.73. The van der Waals surface area contributed by atoms with Gasteiger partial charge in [0.15, 0.2) is 6.10 Å². The van der Waals surface area contributed by atoms with E-state index in [0.717, 1.165) is 0 Å². The van der Waals surface area contributed by atoms with Gasteiger partial charge in [0.05, 0.1) is 15.9 Å². The highest BCUT2D eigenvalue weighted by molar-refractivity contribution is 9.10. The van der Waals surface area contributed by atoms with E-state index in [4.69, 9.17) is 26.2 Å². The number of carboxylic acid groups (broad SMARTS) is 1. The Morgan fingerprint density at radius 3 is 2.62 bits per heavy atom. The molecule has 0 amide bonds. The van der Waals surface area contributed by atoms with Crippen molar-refractivity contribution in [3.63, 3.8) is 0 Å². The van der Waals surface area contributed by atoms with E-state index in [1.807, 2.05) is 0 Å². The molecule has 5 N–H and O–H groups in total. The minimum Gasteiger partial charge on any atom is -0.479 e. The summed E-state index contributed by atoms with van der Waals surface area (Å²) in [5.74, 6) is -1.28. The number of nitrogens with one attached hydrogen (secondary N) is 1. The van der Waals surface area contributed by atoms with Crippen LogP contribution in [0.4, 0.5) is 0 Å². The molecule has 1 aromatic carbocycles. The van der Waals surface area contributed by atoms with Crippen LogP contribution in [0.5, 0.6) is 5.75 Å². The van der Waals surface area contributed by atoms with Gasteiger partial charge in [0, 0.05) is 10.7 Å². The number of ether oxygens (including phenoxy) is 2. The normalized spacial score (nSPS) is 30.5. The van der Waals surface area contributed by atoms with Gasteiger partial charge in [0.25, 0.3) is 0 Å². The van der Waals surface area contributed by atoms with Gasteiger partial charge in [0.1, 0.15) is 24.1 Å². The number of benzene rings is 1. The van der Waals surface area contributed by atoms with Crippen LogP contribution in [0, 0.1) is 0 Å². The fourth-order valence-electron chi connectivity index (χ4n) is 2.49. The number of halogens is 2. The molecule has 2 heterocycles. The Bertz CT molecular complexity index is 782. The molecule has 1 aliphatic heterocycles. The fraction of sp³-hybridized carbons (Fsp3) is 0.357. The van der Waals surface area contributed by atoms with Crippen molar-refractivity contribution >= 4 is 44.4 Å². The first-order chi connectivity index (χ1) is 11.3. The summed E-state index contributed by atoms with van der Waals surface area (Å²) in [6.07, 6.45) is -6.94. The van der Waals surface area contributed by atoms with Crippen molar-refractivity contribution in [2.45, 2.75) is 30.7 Å². The van der Waals surface area contributed by atoms with E-state index in [1.54, 1.807) is 12.1 Å². The average molecular weight is 423 g/mol.